The fourth-order valence-corrected chi connectivity index (χ4v) is 2.88. The standard InChI is InChI=1S/C19H21FN2O2.ClH/c1-13-14(2)22(12-23-3)18-17(13)8-10-21-19(18)24-11-9-15-4-6-16(20)7-5-15;/h4-8,10H,9,11-12H2,1-3H3;1H. The molecule has 1 aromatic carbocycles. The summed E-state index contributed by atoms with van der Waals surface area (Å²) in [6.45, 7) is 5.09. The van der Waals surface area contributed by atoms with Crippen molar-refractivity contribution in [1.82, 2.24) is 9.55 Å². The number of ether oxygens (including phenoxy) is 2. The topological polar surface area (TPSA) is 36.3 Å². The van der Waals surface area contributed by atoms with Crippen molar-refractivity contribution in [3.63, 3.8) is 0 Å². The smallest absolute Gasteiger partial charge is 0.238 e. The molecule has 0 bridgehead atoms. The number of nitrogens with zero attached hydrogens (tertiary/aromatic N) is 2. The van der Waals surface area contributed by atoms with E-state index in [2.05, 4.69) is 23.4 Å². The van der Waals surface area contributed by atoms with E-state index in [1.807, 2.05) is 6.07 Å². The molecule has 2 aromatic heterocycles. The maximum absolute atomic E-state index is 12.9. The first-order valence-electron chi connectivity index (χ1n) is 7.92. The van der Waals surface area contributed by atoms with Crippen molar-refractivity contribution in [2.75, 3.05) is 13.7 Å². The van der Waals surface area contributed by atoms with Crippen molar-refractivity contribution in [2.24, 2.45) is 0 Å². The number of hydrogen-bond acceptors (Lipinski definition) is 3. The molecule has 25 heavy (non-hydrogen) atoms. The summed E-state index contributed by atoms with van der Waals surface area (Å²) >= 11 is 0. The molecule has 4 nitrogen and oxygen atoms in total. The molecule has 0 aliphatic heterocycles. The van der Waals surface area contributed by atoms with Crippen LogP contribution in [0.1, 0.15) is 16.8 Å². The lowest BCUT2D eigenvalue weighted by atomic mass is 10.1. The van der Waals surface area contributed by atoms with Gasteiger partial charge in [0.1, 0.15) is 18.1 Å². The summed E-state index contributed by atoms with van der Waals surface area (Å²) in [7, 11) is 1.67. The molecule has 3 rings (SSSR count). The third-order valence-corrected chi connectivity index (χ3v) is 4.31. The lowest BCUT2D eigenvalue weighted by Gasteiger charge is -2.11. The van der Waals surface area contributed by atoms with Crippen LogP contribution in [0.5, 0.6) is 5.88 Å². The summed E-state index contributed by atoms with van der Waals surface area (Å²) in [6.07, 6.45) is 2.46. The summed E-state index contributed by atoms with van der Waals surface area (Å²) in [6, 6.07) is 8.47. The van der Waals surface area contributed by atoms with Crippen LogP contribution >= 0.6 is 12.4 Å². The predicted molar refractivity (Wildman–Crippen MR) is 99.1 cm³/mol. The number of aromatic nitrogens is 2. The molecular formula is C19H22ClFN2O2. The highest BCUT2D eigenvalue weighted by Gasteiger charge is 2.16. The minimum atomic E-state index is -0.227. The van der Waals surface area contributed by atoms with Gasteiger partial charge in [-0.25, -0.2) is 9.37 Å². The molecule has 0 amide bonds. The highest BCUT2D eigenvalue weighted by atomic mass is 35.5. The van der Waals surface area contributed by atoms with Crippen LogP contribution in [0.4, 0.5) is 4.39 Å². The summed E-state index contributed by atoms with van der Waals surface area (Å²) in [5.41, 5.74) is 4.33. The molecule has 2 heterocycles. The average molecular weight is 365 g/mol. The molecular weight excluding hydrogens is 343 g/mol. The van der Waals surface area contributed by atoms with Crippen molar-refractivity contribution < 1.29 is 13.9 Å². The van der Waals surface area contributed by atoms with Gasteiger partial charge in [0.25, 0.3) is 0 Å². The van der Waals surface area contributed by atoms with Gasteiger partial charge in [-0.1, -0.05) is 12.1 Å². The molecule has 0 atom stereocenters. The van der Waals surface area contributed by atoms with E-state index in [0.29, 0.717) is 25.6 Å². The van der Waals surface area contributed by atoms with Crippen LogP contribution in [0.25, 0.3) is 10.9 Å². The predicted octanol–water partition coefficient (Wildman–Crippen LogP) is 4.44. The van der Waals surface area contributed by atoms with Gasteiger partial charge in [0, 0.05) is 30.8 Å². The molecule has 0 radical (unpaired) electrons. The average Bonchev–Trinajstić information content (AvgIpc) is 2.83. The van der Waals surface area contributed by atoms with Crippen molar-refractivity contribution in [2.45, 2.75) is 27.0 Å². The zero-order valence-electron chi connectivity index (χ0n) is 14.6. The van der Waals surface area contributed by atoms with Crippen LogP contribution in [0, 0.1) is 19.7 Å². The van der Waals surface area contributed by atoms with E-state index in [1.165, 1.54) is 17.7 Å². The maximum Gasteiger partial charge on any atom is 0.238 e. The molecule has 0 saturated heterocycles. The van der Waals surface area contributed by atoms with Crippen LogP contribution < -0.4 is 4.74 Å². The largest absolute Gasteiger partial charge is 0.476 e. The normalized spacial score (nSPS) is 10.7. The van der Waals surface area contributed by atoms with E-state index < -0.39 is 0 Å². The molecule has 0 saturated carbocycles. The van der Waals surface area contributed by atoms with E-state index in [4.69, 9.17) is 9.47 Å². The minimum absolute atomic E-state index is 0. The summed E-state index contributed by atoms with van der Waals surface area (Å²) in [5.74, 6) is 0.373. The number of methoxy groups -OCH3 is 1. The minimum Gasteiger partial charge on any atom is -0.476 e. The zero-order chi connectivity index (χ0) is 17.1. The fraction of sp³-hybridized carbons (Fsp3) is 0.316. The zero-order valence-corrected chi connectivity index (χ0v) is 15.4. The van der Waals surface area contributed by atoms with Crippen molar-refractivity contribution in [3.8, 4) is 5.88 Å². The Morgan fingerprint density at radius 1 is 1.12 bits per heavy atom. The van der Waals surface area contributed by atoms with Gasteiger partial charge in [-0.05, 0) is 43.2 Å². The van der Waals surface area contributed by atoms with E-state index in [1.54, 1.807) is 25.4 Å². The highest BCUT2D eigenvalue weighted by Crippen LogP contribution is 2.30. The van der Waals surface area contributed by atoms with E-state index in [0.717, 1.165) is 22.2 Å². The van der Waals surface area contributed by atoms with Gasteiger partial charge in [-0.2, -0.15) is 0 Å². The van der Waals surface area contributed by atoms with Gasteiger partial charge in [-0.3, -0.25) is 0 Å². The summed E-state index contributed by atoms with van der Waals surface area (Å²) < 4.78 is 26.3. The number of hydrogen-bond donors (Lipinski definition) is 0. The van der Waals surface area contributed by atoms with Crippen LogP contribution in [0.2, 0.25) is 0 Å². The first-order chi connectivity index (χ1) is 11.6. The second-order valence-corrected chi connectivity index (χ2v) is 5.79. The third kappa shape index (κ3) is 3.94. The molecule has 0 N–H and O–H groups in total. The fourth-order valence-electron chi connectivity index (χ4n) is 2.88. The lowest BCUT2D eigenvalue weighted by Crippen LogP contribution is -2.07. The van der Waals surface area contributed by atoms with Crippen LogP contribution in [0.15, 0.2) is 36.5 Å². The van der Waals surface area contributed by atoms with Gasteiger partial charge < -0.3 is 14.0 Å². The molecule has 3 aromatic rings. The second-order valence-electron chi connectivity index (χ2n) is 5.79. The van der Waals surface area contributed by atoms with Gasteiger partial charge in [0.2, 0.25) is 5.88 Å². The Morgan fingerprint density at radius 2 is 1.84 bits per heavy atom. The number of halogens is 2. The Balaban J connectivity index is 0.00000225. The first-order valence-corrected chi connectivity index (χ1v) is 7.92. The lowest BCUT2D eigenvalue weighted by molar-refractivity contribution is 0.132. The number of aryl methyl sites for hydroxylation is 1. The van der Waals surface area contributed by atoms with E-state index in [-0.39, 0.29) is 18.2 Å². The van der Waals surface area contributed by atoms with Crippen molar-refractivity contribution in [1.29, 1.82) is 0 Å². The molecule has 134 valence electrons. The third-order valence-electron chi connectivity index (χ3n) is 4.31. The van der Waals surface area contributed by atoms with Crippen LogP contribution in [-0.2, 0) is 17.9 Å². The van der Waals surface area contributed by atoms with E-state index >= 15 is 0 Å². The molecule has 0 spiro atoms. The summed E-state index contributed by atoms with van der Waals surface area (Å²) in [5, 5.41) is 1.12. The maximum atomic E-state index is 12.9. The summed E-state index contributed by atoms with van der Waals surface area (Å²) in [4.78, 5) is 4.39. The number of pyridine rings is 1. The van der Waals surface area contributed by atoms with Crippen LogP contribution in [-0.4, -0.2) is 23.3 Å². The first kappa shape index (κ1) is 19.2. The molecule has 0 fully saturated rings. The Kier molecular flexibility index (Phi) is 6.39. The molecule has 6 heteroatoms. The Bertz CT molecular complexity index is 847. The number of rotatable bonds is 6. The van der Waals surface area contributed by atoms with Crippen molar-refractivity contribution in [3.05, 3.63) is 59.2 Å². The molecule has 0 aliphatic carbocycles. The van der Waals surface area contributed by atoms with Crippen LogP contribution in [0.3, 0.4) is 0 Å². The Hall–Kier alpha value is -2.11. The van der Waals surface area contributed by atoms with Crippen molar-refractivity contribution >= 4 is 23.3 Å². The van der Waals surface area contributed by atoms with E-state index in [9.17, 15) is 4.39 Å². The van der Waals surface area contributed by atoms with Gasteiger partial charge in [0.05, 0.1) is 6.61 Å². The van der Waals surface area contributed by atoms with Gasteiger partial charge >= 0.3 is 0 Å². The SMILES string of the molecule is COCn1c(C)c(C)c2ccnc(OCCc3ccc(F)cc3)c21.Cl. The van der Waals surface area contributed by atoms with Gasteiger partial charge in [0.15, 0.2) is 0 Å². The number of fused-ring (bicyclic) bond motifs is 1. The molecule has 0 aliphatic rings. The highest BCUT2D eigenvalue weighted by molar-refractivity contribution is 5.88. The Morgan fingerprint density at radius 3 is 2.52 bits per heavy atom. The monoisotopic (exact) mass is 364 g/mol. The van der Waals surface area contributed by atoms with Gasteiger partial charge in [-0.15, -0.1) is 12.4 Å². The second kappa shape index (κ2) is 8.32. The Labute approximate surface area is 153 Å². The number of benzene rings is 1. The molecule has 0 unspecified atom stereocenters. The quantitative estimate of drug-likeness (QED) is 0.648.